The second-order valence-corrected chi connectivity index (χ2v) is 4.13. The van der Waals surface area contributed by atoms with Crippen LogP contribution in [0, 0.1) is 5.82 Å². The smallest absolute Gasteiger partial charge is 0.165 e. The molecule has 5 heteroatoms. The Morgan fingerprint density at radius 1 is 1.28 bits per heavy atom. The molecule has 0 spiro atoms. The van der Waals surface area contributed by atoms with Gasteiger partial charge in [-0.25, -0.2) is 4.39 Å². The van der Waals surface area contributed by atoms with Gasteiger partial charge in [0.25, 0.3) is 0 Å². The average Bonchev–Trinajstić information content (AvgIpc) is 2.36. The van der Waals surface area contributed by atoms with Crippen LogP contribution in [0.3, 0.4) is 0 Å². The lowest BCUT2D eigenvalue weighted by molar-refractivity contribution is 0.632. The van der Waals surface area contributed by atoms with E-state index in [9.17, 15) is 4.39 Å². The Balaban J connectivity index is 2.23. The first-order chi connectivity index (χ1) is 8.70. The monoisotopic (exact) mass is 265 g/mol. The van der Waals surface area contributed by atoms with E-state index in [2.05, 4.69) is 15.6 Å². The fourth-order valence-corrected chi connectivity index (χ4v) is 1.74. The van der Waals surface area contributed by atoms with E-state index in [0.717, 1.165) is 12.2 Å². The normalized spacial score (nSPS) is 10.2. The first-order valence-corrected chi connectivity index (χ1v) is 5.98. The molecule has 2 N–H and O–H groups in total. The summed E-state index contributed by atoms with van der Waals surface area (Å²) in [6.07, 6.45) is 3.34. The fourth-order valence-electron chi connectivity index (χ4n) is 1.56. The molecule has 2 aromatic rings. The number of nitrogens with zero attached hydrogens (tertiary/aromatic N) is 1. The molecule has 0 unspecified atom stereocenters. The summed E-state index contributed by atoms with van der Waals surface area (Å²) in [6, 6.07) is 6.68. The van der Waals surface area contributed by atoms with Crippen LogP contribution in [0.25, 0.3) is 0 Å². The van der Waals surface area contributed by atoms with Crippen LogP contribution in [0.4, 0.5) is 21.5 Å². The fraction of sp³-hybridized carbons (Fsp3) is 0.154. The van der Waals surface area contributed by atoms with E-state index in [1.165, 1.54) is 6.07 Å². The summed E-state index contributed by atoms with van der Waals surface area (Å²) < 4.78 is 13.7. The van der Waals surface area contributed by atoms with Gasteiger partial charge >= 0.3 is 0 Å². The summed E-state index contributed by atoms with van der Waals surface area (Å²) >= 11 is 5.72. The number of pyridine rings is 1. The molecule has 2 rings (SSSR count). The van der Waals surface area contributed by atoms with E-state index in [1.807, 2.05) is 13.0 Å². The first-order valence-electron chi connectivity index (χ1n) is 5.60. The molecular formula is C13H13ClFN3. The molecule has 0 saturated carbocycles. The van der Waals surface area contributed by atoms with Gasteiger partial charge in [0, 0.05) is 6.54 Å². The predicted molar refractivity (Wildman–Crippen MR) is 73.1 cm³/mol. The van der Waals surface area contributed by atoms with Crippen molar-refractivity contribution in [2.24, 2.45) is 0 Å². The highest BCUT2D eigenvalue weighted by atomic mass is 35.5. The summed E-state index contributed by atoms with van der Waals surface area (Å²) in [5, 5.41) is 6.18. The molecule has 1 aromatic carbocycles. The van der Waals surface area contributed by atoms with Crippen molar-refractivity contribution < 1.29 is 4.39 Å². The third-order valence-corrected chi connectivity index (χ3v) is 2.64. The molecule has 0 bridgehead atoms. The summed E-state index contributed by atoms with van der Waals surface area (Å²) in [7, 11) is 0. The van der Waals surface area contributed by atoms with Gasteiger partial charge in [0.15, 0.2) is 5.82 Å². The highest BCUT2D eigenvalue weighted by Crippen LogP contribution is 2.25. The van der Waals surface area contributed by atoms with Gasteiger partial charge in [-0.3, -0.25) is 4.98 Å². The number of benzene rings is 1. The zero-order valence-electron chi connectivity index (χ0n) is 9.87. The zero-order chi connectivity index (χ0) is 13.0. The molecule has 0 radical (unpaired) electrons. The number of hydrogen-bond donors (Lipinski definition) is 2. The Labute approximate surface area is 110 Å². The molecule has 0 aliphatic carbocycles. The maximum absolute atomic E-state index is 13.7. The average molecular weight is 266 g/mol. The van der Waals surface area contributed by atoms with Crippen molar-refractivity contribution in [1.29, 1.82) is 0 Å². The van der Waals surface area contributed by atoms with Gasteiger partial charge in [0.05, 0.1) is 34.5 Å². The number of nitrogens with one attached hydrogen (secondary N) is 2. The summed E-state index contributed by atoms with van der Waals surface area (Å²) in [5.74, 6) is -0.465. The molecular weight excluding hydrogens is 253 g/mol. The number of aromatic nitrogens is 1. The van der Waals surface area contributed by atoms with Crippen molar-refractivity contribution in [2.75, 3.05) is 17.2 Å². The molecule has 0 fully saturated rings. The van der Waals surface area contributed by atoms with Crippen molar-refractivity contribution in [3.8, 4) is 0 Å². The van der Waals surface area contributed by atoms with Crippen molar-refractivity contribution in [1.82, 2.24) is 4.98 Å². The van der Waals surface area contributed by atoms with Crippen molar-refractivity contribution in [3.05, 3.63) is 47.5 Å². The van der Waals surface area contributed by atoms with E-state index in [4.69, 9.17) is 11.6 Å². The van der Waals surface area contributed by atoms with Gasteiger partial charge in [-0.2, -0.15) is 0 Å². The molecule has 18 heavy (non-hydrogen) atoms. The highest BCUT2D eigenvalue weighted by molar-refractivity contribution is 6.31. The van der Waals surface area contributed by atoms with Gasteiger partial charge < -0.3 is 10.6 Å². The van der Waals surface area contributed by atoms with Gasteiger partial charge in [-0.15, -0.1) is 0 Å². The Hall–Kier alpha value is -1.81. The van der Waals surface area contributed by atoms with Crippen LogP contribution in [-0.2, 0) is 0 Å². The SMILES string of the molecule is CCNc1cncc(Nc2cccc(Cl)c2F)c1. The Kier molecular flexibility index (Phi) is 3.99. The maximum Gasteiger partial charge on any atom is 0.165 e. The maximum atomic E-state index is 13.7. The quantitative estimate of drug-likeness (QED) is 0.876. The van der Waals surface area contributed by atoms with E-state index in [0.29, 0.717) is 11.4 Å². The number of halogens is 2. The molecule has 94 valence electrons. The van der Waals surface area contributed by atoms with Crippen molar-refractivity contribution in [3.63, 3.8) is 0 Å². The largest absolute Gasteiger partial charge is 0.384 e. The number of rotatable bonds is 4. The van der Waals surface area contributed by atoms with Crippen LogP contribution < -0.4 is 10.6 Å². The molecule has 0 aliphatic rings. The van der Waals surface area contributed by atoms with Gasteiger partial charge in [0.1, 0.15) is 0 Å². The third-order valence-electron chi connectivity index (χ3n) is 2.35. The highest BCUT2D eigenvalue weighted by Gasteiger charge is 2.06. The van der Waals surface area contributed by atoms with E-state index < -0.39 is 5.82 Å². The Morgan fingerprint density at radius 3 is 2.83 bits per heavy atom. The minimum absolute atomic E-state index is 0.0933. The van der Waals surface area contributed by atoms with Crippen LogP contribution in [-0.4, -0.2) is 11.5 Å². The first kappa shape index (κ1) is 12.6. The van der Waals surface area contributed by atoms with Crippen LogP contribution >= 0.6 is 11.6 Å². The predicted octanol–water partition coefficient (Wildman–Crippen LogP) is 4.05. The lowest BCUT2D eigenvalue weighted by Crippen LogP contribution is -1.99. The second kappa shape index (κ2) is 5.69. The number of hydrogen-bond acceptors (Lipinski definition) is 3. The van der Waals surface area contributed by atoms with Crippen molar-refractivity contribution >= 4 is 28.7 Å². The van der Waals surface area contributed by atoms with Gasteiger partial charge in [-0.05, 0) is 25.1 Å². The summed E-state index contributed by atoms with van der Waals surface area (Å²) in [4.78, 5) is 4.07. The lowest BCUT2D eigenvalue weighted by atomic mass is 10.3. The summed E-state index contributed by atoms with van der Waals surface area (Å²) in [5.41, 5.74) is 1.91. The van der Waals surface area contributed by atoms with Gasteiger partial charge in [-0.1, -0.05) is 17.7 Å². The second-order valence-electron chi connectivity index (χ2n) is 3.72. The van der Waals surface area contributed by atoms with Crippen LogP contribution in [0.2, 0.25) is 5.02 Å². The molecule has 0 saturated heterocycles. The van der Waals surface area contributed by atoms with Crippen LogP contribution in [0.15, 0.2) is 36.7 Å². The zero-order valence-corrected chi connectivity index (χ0v) is 10.6. The van der Waals surface area contributed by atoms with E-state index in [1.54, 1.807) is 24.5 Å². The minimum Gasteiger partial charge on any atom is -0.384 e. The van der Waals surface area contributed by atoms with Crippen LogP contribution in [0.1, 0.15) is 6.92 Å². The molecule has 1 heterocycles. The summed E-state index contributed by atoms with van der Waals surface area (Å²) in [6.45, 7) is 2.80. The van der Waals surface area contributed by atoms with Gasteiger partial charge in [0.2, 0.25) is 0 Å². The Bertz CT molecular complexity index is 546. The molecule has 3 nitrogen and oxygen atoms in total. The van der Waals surface area contributed by atoms with E-state index in [-0.39, 0.29) is 5.02 Å². The molecule has 1 aromatic heterocycles. The number of anilines is 3. The minimum atomic E-state index is -0.465. The topological polar surface area (TPSA) is 37.0 Å². The van der Waals surface area contributed by atoms with Crippen molar-refractivity contribution in [2.45, 2.75) is 6.92 Å². The molecule has 0 atom stereocenters. The molecule has 0 amide bonds. The third kappa shape index (κ3) is 2.90. The molecule has 0 aliphatic heterocycles. The van der Waals surface area contributed by atoms with Crippen LogP contribution in [0.5, 0.6) is 0 Å². The van der Waals surface area contributed by atoms with E-state index >= 15 is 0 Å². The standard InChI is InChI=1S/C13H13ClFN3/c1-2-17-9-6-10(8-16-7-9)18-12-5-3-4-11(14)13(12)15/h3-8,17-18H,2H2,1H3. The lowest BCUT2D eigenvalue weighted by Gasteiger charge is -2.09. The Morgan fingerprint density at radius 2 is 2.06 bits per heavy atom.